The van der Waals surface area contributed by atoms with Gasteiger partial charge in [0.25, 0.3) is 0 Å². The second-order valence-corrected chi connectivity index (χ2v) is 5.70. The van der Waals surface area contributed by atoms with Crippen molar-refractivity contribution in [2.75, 3.05) is 14.1 Å². The van der Waals surface area contributed by atoms with Crippen LogP contribution in [0.15, 0.2) is 54.6 Å². The molecule has 3 rings (SSSR count). The van der Waals surface area contributed by atoms with E-state index in [1.807, 2.05) is 43.3 Å². The molecule has 0 saturated carbocycles. The van der Waals surface area contributed by atoms with Crippen LogP contribution in [-0.2, 0) is 13.0 Å². The smallest absolute Gasteiger partial charge is 0.320 e. The first-order chi connectivity index (χ1) is 10.2. The van der Waals surface area contributed by atoms with Crippen LogP contribution in [0.4, 0.5) is 4.79 Å². The summed E-state index contributed by atoms with van der Waals surface area (Å²) in [5.41, 5.74) is 3.79. The maximum atomic E-state index is 12.5. The maximum Gasteiger partial charge on any atom is 0.320 e. The third-order valence-corrected chi connectivity index (χ3v) is 4.06. The first-order valence-electron chi connectivity index (χ1n) is 7.26. The van der Waals surface area contributed by atoms with Crippen LogP contribution in [0.3, 0.4) is 0 Å². The summed E-state index contributed by atoms with van der Waals surface area (Å²) < 4.78 is 0. The van der Waals surface area contributed by atoms with E-state index < -0.39 is 0 Å². The average Bonchev–Trinajstić information content (AvgIpc) is 2.53. The predicted octanol–water partition coefficient (Wildman–Crippen LogP) is 3.47. The minimum Gasteiger partial charge on any atom is -0.331 e. The Morgan fingerprint density at radius 1 is 1.00 bits per heavy atom. The SMILES string of the molecule is CN(C)C(=O)N1Cc2ccccc2CC1c1ccccc1. The summed E-state index contributed by atoms with van der Waals surface area (Å²) in [6.45, 7) is 0.673. The van der Waals surface area contributed by atoms with Crippen molar-refractivity contribution in [3.8, 4) is 0 Å². The highest BCUT2D eigenvalue weighted by Gasteiger charge is 2.31. The van der Waals surface area contributed by atoms with Crippen LogP contribution in [-0.4, -0.2) is 29.9 Å². The lowest BCUT2D eigenvalue weighted by Gasteiger charge is -2.38. The molecule has 1 heterocycles. The van der Waals surface area contributed by atoms with Gasteiger partial charge in [0.2, 0.25) is 0 Å². The van der Waals surface area contributed by atoms with Crippen LogP contribution < -0.4 is 0 Å². The van der Waals surface area contributed by atoms with Gasteiger partial charge in [-0.25, -0.2) is 4.79 Å². The zero-order chi connectivity index (χ0) is 14.8. The van der Waals surface area contributed by atoms with E-state index in [0.717, 1.165) is 6.42 Å². The largest absolute Gasteiger partial charge is 0.331 e. The minimum atomic E-state index is 0.0679. The Morgan fingerprint density at radius 3 is 2.29 bits per heavy atom. The van der Waals surface area contributed by atoms with E-state index in [1.165, 1.54) is 16.7 Å². The van der Waals surface area contributed by atoms with E-state index >= 15 is 0 Å². The molecule has 21 heavy (non-hydrogen) atoms. The highest BCUT2D eigenvalue weighted by atomic mass is 16.2. The Balaban J connectivity index is 2.01. The second kappa shape index (κ2) is 5.60. The number of carbonyl (C=O) groups excluding carboxylic acids is 1. The number of carbonyl (C=O) groups is 1. The van der Waals surface area contributed by atoms with Crippen molar-refractivity contribution in [3.05, 3.63) is 71.3 Å². The maximum absolute atomic E-state index is 12.5. The van der Waals surface area contributed by atoms with Gasteiger partial charge in [0.15, 0.2) is 0 Å². The third-order valence-electron chi connectivity index (χ3n) is 4.06. The number of hydrogen-bond donors (Lipinski definition) is 0. The molecule has 1 atom stereocenters. The Kier molecular flexibility index (Phi) is 3.65. The topological polar surface area (TPSA) is 23.6 Å². The normalized spacial score (nSPS) is 17.2. The van der Waals surface area contributed by atoms with Crippen LogP contribution in [0.1, 0.15) is 22.7 Å². The van der Waals surface area contributed by atoms with Crippen molar-refractivity contribution in [2.45, 2.75) is 19.0 Å². The summed E-state index contributed by atoms with van der Waals surface area (Å²) in [7, 11) is 3.62. The molecule has 0 radical (unpaired) electrons. The number of benzene rings is 2. The molecule has 1 aliphatic heterocycles. The van der Waals surface area contributed by atoms with Gasteiger partial charge < -0.3 is 9.80 Å². The molecule has 2 amide bonds. The summed E-state index contributed by atoms with van der Waals surface area (Å²) in [4.78, 5) is 16.2. The second-order valence-electron chi connectivity index (χ2n) is 5.70. The molecule has 0 spiro atoms. The first kappa shape index (κ1) is 13.7. The summed E-state index contributed by atoms with van der Waals surface area (Å²) in [6.07, 6.45) is 0.875. The van der Waals surface area contributed by atoms with Gasteiger partial charge in [-0.1, -0.05) is 54.6 Å². The van der Waals surface area contributed by atoms with Gasteiger partial charge in [-0.15, -0.1) is 0 Å². The molecule has 0 N–H and O–H groups in total. The summed E-state index contributed by atoms with van der Waals surface area (Å²) in [6, 6.07) is 18.9. The monoisotopic (exact) mass is 280 g/mol. The van der Waals surface area contributed by atoms with Crippen molar-refractivity contribution in [1.82, 2.24) is 9.80 Å². The van der Waals surface area contributed by atoms with E-state index in [2.05, 4.69) is 30.3 Å². The quantitative estimate of drug-likeness (QED) is 0.784. The van der Waals surface area contributed by atoms with Gasteiger partial charge >= 0.3 is 6.03 Å². The van der Waals surface area contributed by atoms with Crippen LogP contribution in [0.25, 0.3) is 0 Å². The Hall–Kier alpha value is -2.29. The summed E-state index contributed by atoms with van der Waals surface area (Å²) in [5, 5.41) is 0. The molecule has 1 aliphatic rings. The molecular formula is C18H20N2O. The molecule has 108 valence electrons. The number of fused-ring (bicyclic) bond motifs is 1. The van der Waals surface area contributed by atoms with Crippen molar-refractivity contribution in [1.29, 1.82) is 0 Å². The fourth-order valence-corrected chi connectivity index (χ4v) is 2.95. The highest BCUT2D eigenvalue weighted by molar-refractivity contribution is 5.75. The van der Waals surface area contributed by atoms with Crippen molar-refractivity contribution in [2.24, 2.45) is 0 Å². The Labute approximate surface area is 125 Å². The predicted molar refractivity (Wildman–Crippen MR) is 84.0 cm³/mol. The zero-order valence-electron chi connectivity index (χ0n) is 12.5. The van der Waals surface area contributed by atoms with E-state index in [9.17, 15) is 4.79 Å². The van der Waals surface area contributed by atoms with Gasteiger partial charge in [0, 0.05) is 20.6 Å². The molecule has 1 unspecified atom stereocenters. The van der Waals surface area contributed by atoms with Crippen LogP contribution in [0, 0.1) is 0 Å². The molecule has 0 fully saturated rings. The molecule has 0 saturated heterocycles. The number of urea groups is 1. The number of nitrogens with zero attached hydrogens (tertiary/aromatic N) is 2. The van der Waals surface area contributed by atoms with E-state index in [0.29, 0.717) is 6.54 Å². The lowest BCUT2D eigenvalue weighted by Crippen LogP contribution is -2.44. The lowest BCUT2D eigenvalue weighted by atomic mass is 9.90. The van der Waals surface area contributed by atoms with E-state index in [4.69, 9.17) is 0 Å². The molecular weight excluding hydrogens is 260 g/mol. The zero-order valence-corrected chi connectivity index (χ0v) is 12.5. The summed E-state index contributed by atoms with van der Waals surface area (Å²) in [5.74, 6) is 0. The molecule has 2 aromatic carbocycles. The highest BCUT2D eigenvalue weighted by Crippen LogP contribution is 2.33. The third kappa shape index (κ3) is 2.64. The van der Waals surface area contributed by atoms with Gasteiger partial charge in [-0.2, -0.15) is 0 Å². The lowest BCUT2D eigenvalue weighted by molar-refractivity contribution is 0.138. The van der Waals surface area contributed by atoms with Gasteiger partial charge in [0.1, 0.15) is 0 Å². The number of amides is 2. The van der Waals surface area contributed by atoms with E-state index in [-0.39, 0.29) is 12.1 Å². The van der Waals surface area contributed by atoms with Crippen LogP contribution in [0.2, 0.25) is 0 Å². The Bertz CT molecular complexity index is 637. The van der Waals surface area contributed by atoms with Crippen molar-refractivity contribution < 1.29 is 4.79 Å². The van der Waals surface area contributed by atoms with Gasteiger partial charge in [-0.3, -0.25) is 0 Å². The van der Waals surface area contributed by atoms with Crippen LogP contribution in [0.5, 0.6) is 0 Å². The number of rotatable bonds is 1. The molecule has 0 aliphatic carbocycles. The molecule has 2 aromatic rings. The first-order valence-corrected chi connectivity index (χ1v) is 7.26. The molecule has 0 aromatic heterocycles. The fraction of sp³-hybridized carbons (Fsp3) is 0.278. The van der Waals surface area contributed by atoms with Crippen LogP contribution >= 0.6 is 0 Å². The summed E-state index contributed by atoms with van der Waals surface area (Å²) >= 11 is 0. The molecule has 0 bridgehead atoms. The average molecular weight is 280 g/mol. The molecule has 3 heteroatoms. The van der Waals surface area contributed by atoms with Crippen molar-refractivity contribution >= 4 is 6.03 Å². The van der Waals surface area contributed by atoms with Gasteiger partial charge in [-0.05, 0) is 23.1 Å². The minimum absolute atomic E-state index is 0.0679. The van der Waals surface area contributed by atoms with Crippen molar-refractivity contribution in [3.63, 3.8) is 0 Å². The van der Waals surface area contributed by atoms with E-state index in [1.54, 1.807) is 4.90 Å². The fourth-order valence-electron chi connectivity index (χ4n) is 2.95. The molecule has 3 nitrogen and oxygen atoms in total. The van der Waals surface area contributed by atoms with Gasteiger partial charge in [0.05, 0.1) is 6.04 Å². The Morgan fingerprint density at radius 2 is 1.62 bits per heavy atom. The number of hydrogen-bond acceptors (Lipinski definition) is 1. The standard InChI is InChI=1S/C18H20N2O/c1-19(2)18(21)20-13-16-11-7-6-10-15(16)12-17(20)14-8-4-3-5-9-14/h3-11,17H,12-13H2,1-2H3.